The third kappa shape index (κ3) is 4.22. The Kier molecular flexibility index (Phi) is 6.58. The Bertz CT molecular complexity index is 1210. The summed E-state index contributed by atoms with van der Waals surface area (Å²) >= 11 is 0. The number of hydrogen-bond acceptors (Lipinski definition) is 7. The largest absolute Gasteiger partial charge is 0.503 e. The number of methoxy groups -OCH3 is 3. The van der Waals surface area contributed by atoms with Crippen molar-refractivity contribution < 1.29 is 33.3 Å². The van der Waals surface area contributed by atoms with E-state index in [1.165, 1.54) is 17.2 Å². The molecule has 1 aliphatic heterocycles. The summed E-state index contributed by atoms with van der Waals surface area (Å²) in [6.07, 6.45) is 1.84. The number of hydrogen-bond donors (Lipinski definition) is 1. The van der Waals surface area contributed by atoms with Gasteiger partial charge in [0.1, 0.15) is 5.75 Å². The van der Waals surface area contributed by atoms with E-state index in [1.54, 1.807) is 57.7 Å². The normalized spacial score (nSPS) is 15.6. The average molecular weight is 463 g/mol. The van der Waals surface area contributed by atoms with E-state index in [1.807, 2.05) is 12.1 Å². The zero-order chi connectivity index (χ0) is 24.2. The average Bonchev–Trinajstić information content (AvgIpc) is 3.50. The summed E-state index contributed by atoms with van der Waals surface area (Å²) in [6.45, 7) is 0.254. The summed E-state index contributed by atoms with van der Waals surface area (Å²) in [7, 11) is 4.67. The van der Waals surface area contributed by atoms with E-state index in [9.17, 15) is 14.7 Å². The number of carbonyl (C=O) groups excluding carboxylic acids is 2. The van der Waals surface area contributed by atoms with Gasteiger partial charge in [0, 0.05) is 6.54 Å². The molecule has 1 amide bonds. The molecule has 2 heterocycles. The predicted molar refractivity (Wildman–Crippen MR) is 123 cm³/mol. The van der Waals surface area contributed by atoms with Crippen LogP contribution in [0.15, 0.2) is 76.6 Å². The number of amides is 1. The number of aliphatic hydroxyl groups excluding tert-OH is 1. The van der Waals surface area contributed by atoms with Crippen LogP contribution in [-0.2, 0) is 11.2 Å². The first-order chi connectivity index (χ1) is 16.5. The second-order valence-corrected chi connectivity index (χ2v) is 7.68. The molecule has 0 saturated carbocycles. The maximum absolute atomic E-state index is 13.2. The van der Waals surface area contributed by atoms with Crippen LogP contribution in [0.4, 0.5) is 0 Å². The van der Waals surface area contributed by atoms with Gasteiger partial charge in [-0.25, -0.2) is 0 Å². The van der Waals surface area contributed by atoms with Gasteiger partial charge in [-0.15, -0.1) is 0 Å². The molecule has 0 spiro atoms. The summed E-state index contributed by atoms with van der Waals surface area (Å²) in [5, 5.41) is 10.7. The number of nitrogens with zero attached hydrogens (tertiary/aromatic N) is 1. The third-order valence-electron chi connectivity index (χ3n) is 5.81. The minimum atomic E-state index is -0.781. The van der Waals surface area contributed by atoms with Crippen LogP contribution in [0.25, 0.3) is 0 Å². The molecule has 0 bridgehead atoms. The van der Waals surface area contributed by atoms with Gasteiger partial charge in [0.15, 0.2) is 23.0 Å². The summed E-state index contributed by atoms with van der Waals surface area (Å²) in [6, 6.07) is 14.9. The first-order valence-electron chi connectivity index (χ1n) is 10.7. The van der Waals surface area contributed by atoms with Crippen LogP contribution in [0.5, 0.6) is 17.2 Å². The molecule has 2 aromatic carbocycles. The lowest BCUT2D eigenvalue weighted by molar-refractivity contribution is -0.129. The van der Waals surface area contributed by atoms with Crippen molar-refractivity contribution in [1.82, 2.24) is 4.90 Å². The fraction of sp³-hybridized carbons (Fsp3) is 0.231. The van der Waals surface area contributed by atoms with Crippen LogP contribution >= 0.6 is 0 Å². The Hall–Kier alpha value is -4.20. The number of carbonyl (C=O) groups is 2. The number of rotatable bonds is 9. The monoisotopic (exact) mass is 463 g/mol. The first kappa shape index (κ1) is 23.0. The van der Waals surface area contributed by atoms with Crippen molar-refractivity contribution in [3.8, 4) is 17.2 Å². The molecule has 1 aliphatic rings. The second-order valence-electron chi connectivity index (χ2n) is 7.68. The topological polar surface area (TPSA) is 98.4 Å². The van der Waals surface area contributed by atoms with E-state index in [-0.39, 0.29) is 17.9 Å². The molecule has 8 heteroatoms. The fourth-order valence-electron chi connectivity index (χ4n) is 4.08. The molecule has 3 aromatic rings. The number of Topliss-reactive ketones (excluding diaryl/α,β-unsaturated/α-hetero) is 1. The van der Waals surface area contributed by atoms with Crippen molar-refractivity contribution in [2.45, 2.75) is 12.5 Å². The number of ketones is 1. The third-order valence-corrected chi connectivity index (χ3v) is 5.81. The highest BCUT2D eigenvalue weighted by Crippen LogP contribution is 2.39. The molecule has 0 aliphatic carbocycles. The van der Waals surface area contributed by atoms with E-state index in [2.05, 4.69) is 0 Å². The Balaban J connectivity index is 1.67. The smallest absolute Gasteiger partial charge is 0.290 e. The van der Waals surface area contributed by atoms with Crippen LogP contribution < -0.4 is 14.2 Å². The SMILES string of the molecule is COc1ccc(C2C(C(=O)c3ccco3)=C(O)C(=O)N2CCc2ccc(OC)c(OC)c2)cc1. The molecule has 0 saturated heterocycles. The van der Waals surface area contributed by atoms with Gasteiger partial charge in [-0.1, -0.05) is 18.2 Å². The van der Waals surface area contributed by atoms with E-state index >= 15 is 0 Å². The van der Waals surface area contributed by atoms with Gasteiger partial charge in [-0.05, 0) is 53.9 Å². The van der Waals surface area contributed by atoms with Crippen molar-refractivity contribution in [1.29, 1.82) is 0 Å². The highest BCUT2D eigenvalue weighted by Gasteiger charge is 2.44. The summed E-state index contributed by atoms with van der Waals surface area (Å²) in [5.74, 6) is 0.141. The van der Waals surface area contributed by atoms with Crippen molar-refractivity contribution in [2.24, 2.45) is 0 Å². The highest BCUT2D eigenvalue weighted by atomic mass is 16.5. The number of aliphatic hydroxyl groups is 1. The van der Waals surface area contributed by atoms with E-state index in [0.717, 1.165) is 5.56 Å². The molecule has 4 rings (SSSR count). The molecule has 176 valence electrons. The second kappa shape index (κ2) is 9.74. The molecule has 1 atom stereocenters. The molecule has 1 aromatic heterocycles. The van der Waals surface area contributed by atoms with Crippen LogP contribution in [0.1, 0.15) is 27.7 Å². The number of furan rings is 1. The predicted octanol–water partition coefficient (Wildman–Crippen LogP) is 4.13. The zero-order valence-electron chi connectivity index (χ0n) is 19.1. The summed E-state index contributed by atoms with van der Waals surface area (Å²) in [5.41, 5.74) is 1.56. The molecule has 1 unspecified atom stereocenters. The fourth-order valence-corrected chi connectivity index (χ4v) is 4.08. The molecule has 0 fully saturated rings. The lowest BCUT2D eigenvalue weighted by atomic mass is 9.95. The quantitative estimate of drug-likeness (QED) is 0.477. The van der Waals surface area contributed by atoms with Crippen molar-refractivity contribution in [2.75, 3.05) is 27.9 Å². The van der Waals surface area contributed by atoms with Gasteiger partial charge in [0.2, 0.25) is 5.78 Å². The number of ether oxygens (including phenoxy) is 3. The minimum absolute atomic E-state index is 0.0163. The Morgan fingerprint density at radius 1 is 1.00 bits per heavy atom. The van der Waals surface area contributed by atoms with E-state index < -0.39 is 23.5 Å². The molecule has 1 N–H and O–H groups in total. The summed E-state index contributed by atoms with van der Waals surface area (Å²) in [4.78, 5) is 27.8. The molecule has 8 nitrogen and oxygen atoms in total. The lowest BCUT2D eigenvalue weighted by Crippen LogP contribution is -2.33. The van der Waals surface area contributed by atoms with E-state index in [4.69, 9.17) is 18.6 Å². The maximum Gasteiger partial charge on any atom is 0.290 e. The Morgan fingerprint density at radius 3 is 2.35 bits per heavy atom. The van der Waals surface area contributed by atoms with Crippen molar-refractivity contribution >= 4 is 11.7 Å². The molecule has 0 radical (unpaired) electrons. The Labute approximate surface area is 197 Å². The van der Waals surface area contributed by atoms with Crippen LogP contribution in [-0.4, -0.2) is 49.6 Å². The lowest BCUT2D eigenvalue weighted by Gasteiger charge is -2.27. The van der Waals surface area contributed by atoms with Gasteiger partial charge in [0.25, 0.3) is 5.91 Å². The molecular formula is C26H25NO7. The van der Waals surface area contributed by atoms with Crippen LogP contribution in [0.3, 0.4) is 0 Å². The number of benzene rings is 2. The molecular weight excluding hydrogens is 438 g/mol. The van der Waals surface area contributed by atoms with E-state index in [0.29, 0.717) is 29.2 Å². The highest BCUT2D eigenvalue weighted by molar-refractivity contribution is 6.15. The van der Waals surface area contributed by atoms with Gasteiger partial charge in [-0.2, -0.15) is 0 Å². The summed E-state index contributed by atoms with van der Waals surface area (Å²) < 4.78 is 21.1. The van der Waals surface area contributed by atoms with Gasteiger partial charge >= 0.3 is 0 Å². The first-order valence-corrected chi connectivity index (χ1v) is 10.7. The van der Waals surface area contributed by atoms with Crippen LogP contribution in [0, 0.1) is 0 Å². The standard InChI is InChI=1S/C26H25NO7/c1-31-18-9-7-17(8-10-18)23-22(24(28)20-5-4-14-34-20)25(29)26(30)27(23)13-12-16-6-11-19(32-2)21(15-16)33-3/h4-11,14-15,23,29H,12-13H2,1-3H3. The zero-order valence-corrected chi connectivity index (χ0v) is 19.1. The Morgan fingerprint density at radius 2 is 1.74 bits per heavy atom. The van der Waals surface area contributed by atoms with Gasteiger partial charge in [-0.3, -0.25) is 9.59 Å². The van der Waals surface area contributed by atoms with Crippen molar-refractivity contribution in [3.63, 3.8) is 0 Å². The van der Waals surface area contributed by atoms with Crippen molar-refractivity contribution in [3.05, 3.63) is 89.1 Å². The molecule has 34 heavy (non-hydrogen) atoms. The maximum atomic E-state index is 13.2. The minimum Gasteiger partial charge on any atom is -0.503 e. The van der Waals surface area contributed by atoms with Crippen LogP contribution in [0.2, 0.25) is 0 Å². The van der Waals surface area contributed by atoms with Gasteiger partial charge in [0.05, 0.1) is 39.2 Å². The van der Waals surface area contributed by atoms with Gasteiger partial charge < -0.3 is 28.6 Å².